The molecule has 11 heavy (non-hydrogen) atoms. The minimum absolute atomic E-state index is 0.206. The van der Waals surface area contributed by atoms with E-state index < -0.39 is 0 Å². The summed E-state index contributed by atoms with van der Waals surface area (Å²) in [5, 5.41) is 0. The predicted molar refractivity (Wildman–Crippen MR) is 47.6 cm³/mol. The second-order valence-corrected chi connectivity index (χ2v) is 3.05. The molecule has 0 aliphatic carbocycles. The van der Waals surface area contributed by atoms with Crippen molar-refractivity contribution in [3.63, 3.8) is 0 Å². The smallest absolute Gasteiger partial charge is 0.0618 e. The maximum absolute atomic E-state index is 5.65. The maximum Gasteiger partial charge on any atom is 0.0618 e. The highest BCUT2D eigenvalue weighted by molar-refractivity contribution is 4.55. The summed E-state index contributed by atoms with van der Waals surface area (Å²) < 4.78 is 5.33. The summed E-state index contributed by atoms with van der Waals surface area (Å²) in [6.07, 6.45) is 0.988. The van der Waals surface area contributed by atoms with E-state index in [-0.39, 0.29) is 6.04 Å². The van der Waals surface area contributed by atoms with Gasteiger partial charge in [-0.3, -0.25) is 0 Å². The number of ether oxygens (including phenoxy) is 1. The molecule has 0 amide bonds. The van der Waals surface area contributed by atoms with Crippen LogP contribution in [0.5, 0.6) is 0 Å². The lowest BCUT2D eigenvalue weighted by Gasteiger charge is -2.12. The maximum atomic E-state index is 5.65. The molecule has 0 aromatic carbocycles. The normalized spacial score (nSPS) is 13.9. The molecule has 0 aliphatic rings. The van der Waals surface area contributed by atoms with Crippen LogP contribution in [-0.2, 0) is 4.74 Å². The molecule has 0 bridgehead atoms. The summed E-state index contributed by atoms with van der Waals surface area (Å²) in [6.45, 7) is 4.50. The fraction of sp³-hybridized carbons (Fsp3) is 1.00. The molecule has 3 heteroatoms. The van der Waals surface area contributed by atoms with Crippen molar-refractivity contribution in [2.45, 2.75) is 19.4 Å². The summed E-state index contributed by atoms with van der Waals surface area (Å²) in [5.74, 6) is 0. The number of rotatable bonds is 6. The van der Waals surface area contributed by atoms with Gasteiger partial charge in [0.05, 0.1) is 13.2 Å². The second-order valence-electron chi connectivity index (χ2n) is 3.05. The van der Waals surface area contributed by atoms with Crippen LogP contribution >= 0.6 is 0 Å². The van der Waals surface area contributed by atoms with Gasteiger partial charge in [0.1, 0.15) is 0 Å². The molecule has 0 saturated carbocycles. The third-order valence-electron chi connectivity index (χ3n) is 1.54. The number of nitrogens with zero attached hydrogens (tertiary/aromatic N) is 1. The zero-order valence-corrected chi connectivity index (χ0v) is 7.84. The van der Waals surface area contributed by atoms with Gasteiger partial charge in [-0.1, -0.05) is 6.92 Å². The Morgan fingerprint density at radius 2 is 2.09 bits per heavy atom. The highest BCUT2D eigenvalue weighted by Gasteiger charge is 1.97. The Morgan fingerprint density at radius 3 is 2.55 bits per heavy atom. The molecule has 0 aromatic rings. The SMILES string of the molecule is CCC(N)COCCN(C)C. The van der Waals surface area contributed by atoms with E-state index in [0.29, 0.717) is 6.61 Å². The fourth-order valence-electron chi connectivity index (χ4n) is 0.600. The first kappa shape index (κ1) is 10.9. The Kier molecular flexibility index (Phi) is 6.51. The van der Waals surface area contributed by atoms with E-state index in [1.165, 1.54) is 0 Å². The van der Waals surface area contributed by atoms with Crippen LogP contribution in [0, 0.1) is 0 Å². The Morgan fingerprint density at radius 1 is 1.45 bits per heavy atom. The quantitative estimate of drug-likeness (QED) is 0.568. The lowest BCUT2D eigenvalue weighted by Crippen LogP contribution is -2.27. The molecule has 0 saturated heterocycles. The minimum Gasteiger partial charge on any atom is -0.379 e. The van der Waals surface area contributed by atoms with Crippen molar-refractivity contribution in [1.82, 2.24) is 4.90 Å². The molecule has 0 aliphatic heterocycles. The predicted octanol–water partition coefficient (Wildman–Crippen LogP) is 0.302. The van der Waals surface area contributed by atoms with Gasteiger partial charge < -0.3 is 15.4 Å². The number of hydrogen-bond donors (Lipinski definition) is 1. The Balaban J connectivity index is 3.01. The van der Waals surface area contributed by atoms with Crippen molar-refractivity contribution >= 4 is 0 Å². The number of likely N-dealkylation sites (N-methyl/N-ethyl adjacent to an activating group) is 1. The topological polar surface area (TPSA) is 38.5 Å². The molecule has 0 rings (SSSR count). The zero-order chi connectivity index (χ0) is 8.69. The first-order chi connectivity index (χ1) is 5.16. The average molecular weight is 160 g/mol. The van der Waals surface area contributed by atoms with Crippen LogP contribution in [0.3, 0.4) is 0 Å². The van der Waals surface area contributed by atoms with Gasteiger partial charge in [0, 0.05) is 12.6 Å². The summed E-state index contributed by atoms with van der Waals surface area (Å²) in [7, 11) is 4.06. The van der Waals surface area contributed by atoms with Crippen LogP contribution in [0.2, 0.25) is 0 Å². The van der Waals surface area contributed by atoms with Crippen LogP contribution < -0.4 is 5.73 Å². The molecule has 1 unspecified atom stereocenters. The third-order valence-corrected chi connectivity index (χ3v) is 1.54. The van der Waals surface area contributed by atoms with Crippen molar-refractivity contribution in [2.75, 3.05) is 33.9 Å². The summed E-state index contributed by atoms with van der Waals surface area (Å²) in [6, 6.07) is 0.206. The molecule has 1 atom stereocenters. The van der Waals surface area contributed by atoms with E-state index in [1.54, 1.807) is 0 Å². The van der Waals surface area contributed by atoms with E-state index in [4.69, 9.17) is 10.5 Å². The van der Waals surface area contributed by atoms with Gasteiger partial charge in [0.15, 0.2) is 0 Å². The highest BCUT2D eigenvalue weighted by Crippen LogP contribution is 1.87. The molecule has 3 nitrogen and oxygen atoms in total. The zero-order valence-electron chi connectivity index (χ0n) is 7.84. The number of hydrogen-bond acceptors (Lipinski definition) is 3. The first-order valence-corrected chi connectivity index (χ1v) is 4.14. The lowest BCUT2D eigenvalue weighted by molar-refractivity contribution is 0.105. The fourth-order valence-corrected chi connectivity index (χ4v) is 0.600. The van der Waals surface area contributed by atoms with Crippen LogP contribution in [-0.4, -0.2) is 44.8 Å². The van der Waals surface area contributed by atoms with E-state index >= 15 is 0 Å². The largest absolute Gasteiger partial charge is 0.379 e. The van der Waals surface area contributed by atoms with Gasteiger partial charge >= 0.3 is 0 Å². The first-order valence-electron chi connectivity index (χ1n) is 4.14. The van der Waals surface area contributed by atoms with E-state index in [9.17, 15) is 0 Å². The Hall–Kier alpha value is -0.120. The van der Waals surface area contributed by atoms with Crippen molar-refractivity contribution in [1.29, 1.82) is 0 Å². The van der Waals surface area contributed by atoms with Crippen molar-refractivity contribution in [3.05, 3.63) is 0 Å². The molecular formula is C8H20N2O. The minimum atomic E-state index is 0.206. The molecule has 68 valence electrons. The summed E-state index contributed by atoms with van der Waals surface area (Å²) >= 11 is 0. The lowest BCUT2D eigenvalue weighted by atomic mass is 10.3. The average Bonchev–Trinajstić information content (AvgIpc) is 1.97. The molecule has 0 fully saturated rings. The van der Waals surface area contributed by atoms with Gasteiger partial charge in [-0.05, 0) is 20.5 Å². The van der Waals surface area contributed by atoms with E-state index in [1.807, 2.05) is 14.1 Å². The molecule has 0 radical (unpaired) electrons. The molecule has 2 N–H and O–H groups in total. The summed E-state index contributed by atoms with van der Waals surface area (Å²) in [5.41, 5.74) is 5.65. The Labute approximate surface area is 69.5 Å². The van der Waals surface area contributed by atoms with Crippen LogP contribution in [0.25, 0.3) is 0 Å². The van der Waals surface area contributed by atoms with Crippen LogP contribution in [0.15, 0.2) is 0 Å². The summed E-state index contributed by atoms with van der Waals surface area (Å²) in [4.78, 5) is 2.09. The van der Waals surface area contributed by atoms with Crippen LogP contribution in [0.4, 0.5) is 0 Å². The van der Waals surface area contributed by atoms with Crippen LogP contribution in [0.1, 0.15) is 13.3 Å². The van der Waals surface area contributed by atoms with Gasteiger partial charge in [0.2, 0.25) is 0 Å². The van der Waals surface area contributed by atoms with Crippen molar-refractivity contribution in [3.8, 4) is 0 Å². The molecule has 0 spiro atoms. The van der Waals surface area contributed by atoms with Gasteiger partial charge in [-0.15, -0.1) is 0 Å². The van der Waals surface area contributed by atoms with Gasteiger partial charge in [-0.2, -0.15) is 0 Å². The molecular weight excluding hydrogens is 140 g/mol. The Bertz CT molecular complexity index is 86.2. The second kappa shape index (κ2) is 6.58. The number of nitrogens with two attached hydrogens (primary N) is 1. The van der Waals surface area contributed by atoms with Gasteiger partial charge in [-0.25, -0.2) is 0 Å². The monoisotopic (exact) mass is 160 g/mol. The van der Waals surface area contributed by atoms with Crippen molar-refractivity contribution in [2.24, 2.45) is 5.73 Å². The van der Waals surface area contributed by atoms with Gasteiger partial charge in [0.25, 0.3) is 0 Å². The molecule has 0 aromatic heterocycles. The van der Waals surface area contributed by atoms with Crippen molar-refractivity contribution < 1.29 is 4.74 Å². The molecule has 0 heterocycles. The third kappa shape index (κ3) is 7.78. The highest BCUT2D eigenvalue weighted by atomic mass is 16.5. The van der Waals surface area contributed by atoms with E-state index in [0.717, 1.165) is 19.6 Å². The van der Waals surface area contributed by atoms with E-state index in [2.05, 4.69) is 11.8 Å². The standard InChI is InChI=1S/C8H20N2O/c1-4-8(9)7-11-6-5-10(2)3/h8H,4-7,9H2,1-3H3.